The second kappa shape index (κ2) is 7.29. The minimum atomic E-state index is -0.981. The molecular formula is C18H20F2N2O3. The lowest BCUT2D eigenvalue weighted by Crippen LogP contribution is -2.40. The van der Waals surface area contributed by atoms with Crippen molar-refractivity contribution in [2.24, 2.45) is 5.92 Å². The molecule has 7 heteroatoms. The number of amides is 2. The number of hydrogen-bond donors (Lipinski definition) is 1. The molecule has 1 N–H and O–H groups in total. The summed E-state index contributed by atoms with van der Waals surface area (Å²) >= 11 is 0. The third kappa shape index (κ3) is 3.70. The van der Waals surface area contributed by atoms with Crippen molar-refractivity contribution < 1.29 is 23.2 Å². The molecule has 1 unspecified atom stereocenters. The number of halogens is 2. The Hall–Kier alpha value is -2.31. The lowest BCUT2D eigenvalue weighted by molar-refractivity contribution is -0.134. The standard InChI is InChI=1S/C18H20F2N2O3/c19-14-9-12(22-6-3-11(4-7-22)5-8-23)10-15(20)17(14)13-1-2-16(24)21-18(13)25/h8-11,13H,1-7H2,(H,21,24,25). The SMILES string of the molecule is O=CCC1CCN(c2cc(F)c(C3CCC(=O)NC3=O)c(F)c2)CC1. The van der Waals surface area contributed by atoms with Gasteiger partial charge in [-0.05, 0) is 37.3 Å². The molecule has 0 bridgehead atoms. The molecule has 3 rings (SSSR count). The molecule has 2 amide bonds. The van der Waals surface area contributed by atoms with Gasteiger partial charge in [-0.3, -0.25) is 14.9 Å². The van der Waals surface area contributed by atoms with E-state index in [2.05, 4.69) is 5.32 Å². The van der Waals surface area contributed by atoms with E-state index in [1.807, 2.05) is 4.90 Å². The number of nitrogens with one attached hydrogen (secondary N) is 1. The van der Waals surface area contributed by atoms with Crippen LogP contribution in [0.5, 0.6) is 0 Å². The Labute approximate surface area is 144 Å². The number of carbonyl (C=O) groups excluding carboxylic acids is 3. The molecule has 1 atom stereocenters. The number of hydrogen-bond acceptors (Lipinski definition) is 4. The van der Waals surface area contributed by atoms with Crippen LogP contribution in [0.4, 0.5) is 14.5 Å². The maximum Gasteiger partial charge on any atom is 0.234 e. The van der Waals surface area contributed by atoms with Crippen LogP contribution in [0.3, 0.4) is 0 Å². The van der Waals surface area contributed by atoms with Crippen LogP contribution in [0.1, 0.15) is 43.6 Å². The summed E-state index contributed by atoms with van der Waals surface area (Å²) in [4.78, 5) is 35.6. The Morgan fingerprint density at radius 3 is 2.32 bits per heavy atom. The van der Waals surface area contributed by atoms with Crippen LogP contribution in [0, 0.1) is 17.6 Å². The van der Waals surface area contributed by atoms with Gasteiger partial charge in [0, 0.05) is 37.2 Å². The molecule has 0 aromatic heterocycles. The highest BCUT2D eigenvalue weighted by atomic mass is 19.1. The van der Waals surface area contributed by atoms with Crippen molar-refractivity contribution in [2.75, 3.05) is 18.0 Å². The molecule has 2 aliphatic heterocycles. The van der Waals surface area contributed by atoms with Gasteiger partial charge in [0.05, 0.1) is 5.92 Å². The summed E-state index contributed by atoms with van der Waals surface area (Å²) in [5.74, 6) is -3.26. The van der Waals surface area contributed by atoms with Crippen LogP contribution in [0.25, 0.3) is 0 Å². The number of carbonyl (C=O) groups is 3. The first-order valence-electron chi connectivity index (χ1n) is 8.50. The first-order chi connectivity index (χ1) is 12.0. The lowest BCUT2D eigenvalue weighted by atomic mass is 9.89. The highest BCUT2D eigenvalue weighted by molar-refractivity contribution is 6.01. The van der Waals surface area contributed by atoms with Crippen LogP contribution in [-0.2, 0) is 14.4 Å². The average Bonchev–Trinajstić information content (AvgIpc) is 2.57. The smallest absolute Gasteiger partial charge is 0.234 e. The molecule has 1 aromatic carbocycles. The van der Waals surface area contributed by atoms with Crippen LogP contribution in [0.2, 0.25) is 0 Å². The topological polar surface area (TPSA) is 66.5 Å². The van der Waals surface area contributed by atoms with E-state index < -0.39 is 29.4 Å². The molecule has 0 spiro atoms. The monoisotopic (exact) mass is 350 g/mol. The molecule has 2 fully saturated rings. The van der Waals surface area contributed by atoms with Crippen molar-refractivity contribution in [1.29, 1.82) is 0 Å². The summed E-state index contributed by atoms with van der Waals surface area (Å²) in [5.41, 5.74) is 0.167. The molecule has 1 aromatic rings. The molecule has 25 heavy (non-hydrogen) atoms. The van der Waals surface area contributed by atoms with Crippen LogP contribution in [-0.4, -0.2) is 31.2 Å². The minimum Gasteiger partial charge on any atom is -0.371 e. The molecule has 2 aliphatic rings. The first-order valence-corrected chi connectivity index (χ1v) is 8.50. The van der Waals surface area contributed by atoms with Crippen molar-refractivity contribution in [2.45, 2.75) is 38.0 Å². The number of rotatable bonds is 4. The molecule has 0 aliphatic carbocycles. The third-order valence-corrected chi connectivity index (χ3v) is 5.06. The second-order valence-corrected chi connectivity index (χ2v) is 6.66. The fraction of sp³-hybridized carbons (Fsp3) is 0.500. The number of nitrogens with zero attached hydrogens (tertiary/aromatic N) is 1. The van der Waals surface area contributed by atoms with E-state index in [0.717, 1.165) is 19.1 Å². The first kappa shape index (κ1) is 17.5. The van der Waals surface area contributed by atoms with Crippen LogP contribution >= 0.6 is 0 Å². The number of benzene rings is 1. The lowest BCUT2D eigenvalue weighted by Gasteiger charge is -2.33. The zero-order chi connectivity index (χ0) is 18.0. The molecule has 2 heterocycles. The van der Waals surface area contributed by atoms with Crippen LogP contribution in [0.15, 0.2) is 12.1 Å². The summed E-state index contributed by atoms with van der Waals surface area (Å²) in [5, 5.41) is 2.13. The maximum atomic E-state index is 14.5. The summed E-state index contributed by atoms with van der Waals surface area (Å²) in [6.45, 7) is 1.27. The van der Waals surface area contributed by atoms with E-state index in [0.29, 0.717) is 31.1 Å². The van der Waals surface area contributed by atoms with Gasteiger partial charge in [-0.25, -0.2) is 8.78 Å². The van der Waals surface area contributed by atoms with E-state index in [4.69, 9.17) is 0 Å². The number of imide groups is 1. The van der Waals surface area contributed by atoms with E-state index in [9.17, 15) is 23.2 Å². The van der Waals surface area contributed by atoms with Gasteiger partial charge in [-0.1, -0.05) is 0 Å². The molecule has 5 nitrogen and oxygen atoms in total. The molecular weight excluding hydrogens is 330 g/mol. The quantitative estimate of drug-likeness (QED) is 0.668. The average molecular weight is 350 g/mol. The predicted molar refractivity (Wildman–Crippen MR) is 87.1 cm³/mol. The van der Waals surface area contributed by atoms with Crippen molar-refractivity contribution in [3.05, 3.63) is 29.3 Å². The van der Waals surface area contributed by atoms with Gasteiger partial charge in [0.1, 0.15) is 17.9 Å². The highest BCUT2D eigenvalue weighted by Gasteiger charge is 2.33. The summed E-state index contributed by atoms with van der Waals surface area (Å²) in [7, 11) is 0. The van der Waals surface area contributed by atoms with Crippen molar-refractivity contribution in [1.82, 2.24) is 5.32 Å². The van der Waals surface area contributed by atoms with E-state index >= 15 is 0 Å². The Morgan fingerprint density at radius 2 is 1.76 bits per heavy atom. The van der Waals surface area contributed by atoms with Crippen LogP contribution < -0.4 is 10.2 Å². The predicted octanol–water partition coefficient (Wildman–Crippen LogP) is 2.29. The normalized spacial score (nSPS) is 22.0. The molecule has 0 saturated carbocycles. The van der Waals surface area contributed by atoms with Gasteiger partial charge >= 0.3 is 0 Å². The van der Waals surface area contributed by atoms with Crippen molar-refractivity contribution in [3.63, 3.8) is 0 Å². The largest absolute Gasteiger partial charge is 0.371 e. The highest BCUT2D eigenvalue weighted by Crippen LogP contribution is 2.33. The van der Waals surface area contributed by atoms with Gasteiger partial charge in [0.15, 0.2) is 0 Å². The summed E-state index contributed by atoms with van der Waals surface area (Å²) < 4.78 is 29.1. The third-order valence-electron chi connectivity index (χ3n) is 5.06. The Balaban J connectivity index is 1.78. The fourth-order valence-electron chi connectivity index (χ4n) is 3.62. The molecule has 0 radical (unpaired) electrons. The van der Waals surface area contributed by atoms with E-state index in [1.54, 1.807) is 0 Å². The Kier molecular flexibility index (Phi) is 5.11. The summed E-state index contributed by atoms with van der Waals surface area (Å²) in [6.07, 6.45) is 3.21. The van der Waals surface area contributed by atoms with Gasteiger partial charge in [0.2, 0.25) is 11.8 Å². The van der Waals surface area contributed by atoms with Crippen molar-refractivity contribution >= 4 is 23.8 Å². The van der Waals surface area contributed by atoms with E-state index in [1.165, 1.54) is 12.1 Å². The van der Waals surface area contributed by atoms with Crippen molar-refractivity contribution in [3.8, 4) is 0 Å². The van der Waals surface area contributed by atoms with E-state index in [-0.39, 0.29) is 18.4 Å². The minimum absolute atomic E-state index is 0.0707. The zero-order valence-corrected chi connectivity index (χ0v) is 13.8. The Morgan fingerprint density at radius 1 is 1.12 bits per heavy atom. The van der Waals surface area contributed by atoms with Gasteiger partial charge in [-0.2, -0.15) is 0 Å². The second-order valence-electron chi connectivity index (χ2n) is 6.66. The van der Waals surface area contributed by atoms with Gasteiger partial charge in [-0.15, -0.1) is 0 Å². The zero-order valence-electron chi connectivity index (χ0n) is 13.8. The molecule has 134 valence electrons. The number of anilines is 1. The Bertz CT molecular complexity index is 677. The molecule has 2 saturated heterocycles. The fourth-order valence-corrected chi connectivity index (χ4v) is 3.62. The van der Waals surface area contributed by atoms with Gasteiger partial charge < -0.3 is 9.69 Å². The maximum absolute atomic E-state index is 14.5. The van der Waals surface area contributed by atoms with Gasteiger partial charge in [0.25, 0.3) is 0 Å². The summed E-state index contributed by atoms with van der Waals surface area (Å²) in [6, 6.07) is 2.50. The number of piperidine rings is 2. The number of aldehydes is 1.